The number of piperidine rings is 1. The fourth-order valence-electron chi connectivity index (χ4n) is 4.79. The van der Waals surface area contributed by atoms with Gasteiger partial charge in [-0.2, -0.15) is 0 Å². The quantitative estimate of drug-likeness (QED) is 0.500. The Morgan fingerprint density at radius 2 is 2.03 bits per heavy atom. The molecule has 2 unspecified atom stereocenters. The van der Waals surface area contributed by atoms with Crippen LogP contribution in [0.15, 0.2) is 42.6 Å². The standard InChI is InChI=1S/C26H32N2O4/c1-4-13-32-20-10-12-28(23(15-20)18-5-7-19(8-6-18)26(29)30)16-22-21-9-11-27-25(21)17(2)14-24(22)31-3/h5-9,11,14,20,23,27H,4,10,12-13,15-16H2,1-3H3,(H,29,30). The first-order chi connectivity index (χ1) is 15.5. The Morgan fingerprint density at radius 1 is 1.25 bits per heavy atom. The Kier molecular flexibility index (Phi) is 6.82. The largest absolute Gasteiger partial charge is 0.496 e. The summed E-state index contributed by atoms with van der Waals surface area (Å²) in [6, 6.07) is 11.7. The molecule has 32 heavy (non-hydrogen) atoms. The number of hydrogen-bond acceptors (Lipinski definition) is 4. The van der Waals surface area contributed by atoms with E-state index in [9.17, 15) is 9.90 Å². The van der Waals surface area contributed by atoms with Gasteiger partial charge in [0.1, 0.15) is 5.75 Å². The summed E-state index contributed by atoms with van der Waals surface area (Å²) in [5.41, 5.74) is 4.91. The summed E-state index contributed by atoms with van der Waals surface area (Å²) < 4.78 is 11.9. The van der Waals surface area contributed by atoms with Crippen molar-refractivity contribution in [2.24, 2.45) is 0 Å². The average molecular weight is 437 g/mol. The number of aromatic nitrogens is 1. The van der Waals surface area contributed by atoms with E-state index >= 15 is 0 Å². The second kappa shape index (κ2) is 9.76. The molecule has 1 fully saturated rings. The predicted molar refractivity (Wildman–Crippen MR) is 125 cm³/mol. The number of hydrogen-bond donors (Lipinski definition) is 2. The number of likely N-dealkylation sites (tertiary alicyclic amines) is 1. The van der Waals surface area contributed by atoms with E-state index in [0.717, 1.165) is 61.4 Å². The molecule has 1 aliphatic rings. The number of aromatic carboxylic acids is 1. The zero-order chi connectivity index (χ0) is 22.7. The number of aryl methyl sites for hydroxylation is 1. The average Bonchev–Trinajstić information content (AvgIpc) is 3.30. The van der Waals surface area contributed by atoms with Crippen molar-refractivity contribution >= 4 is 16.9 Å². The number of aromatic amines is 1. The van der Waals surface area contributed by atoms with Crippen molar-refractivity contribution < 1.29 is 19.4 Å². The zero-order valence-corrected chi connectivity index (χ0v) is 19.1. The van der Waals surface area contributed by atoms with Crippen molar-refractivity contribution in [2.45, 2.75) is 51.8 Å². The molecule has 0 saturated carbocycles. The van der Waals surface area contributed by atoms with Crippen molar-refractivity contribution in [2.75, 3.05) is 20.3 Å². The van der Waals surface area contributed by atoms with Crippen molar-refractivity contribution in [1.82, 2.24) is 9.88 Å². The van der Waals surface area contributed by atoms with Gasteiger partial charge in [-0.15, -0.1) is 0 Å². The van der Waals surface area contributed by atoms with E-state index in [2.05, 4.69) is 35.9 Å². The first-order valence-corrected chi connectivity index (χ1v) is 11.3. The van der Waals surface area contributed by atoms with Crippen LogP contribution in [-0.2, 0) is 11.3 Å². The van der Waals surface area contributed by atoms with Crippen LogP contribution in [-0.4, -0.2) is 47.3 Å². The summed E-state index contributed by atoms with van der Waals surface area (Å²) in [4.78, 5) is 17.1. The van der Waals surface area contributed by atoms with Gasteiger partial charge in [0.15, 0.2) is 0 Å². The lowest BCUT2D eigenvalue weighted by atomic mass is 9.91. The molecule has 1 aromatic heterocycles. The molecular weight excluding hydrogens is 404 g/mol. The minimum Gasteiger partial charge on any atom is -0.496 e. The van der Waals surface area contributed by atoms with Crippen molar-refractivity contribution in [3.05, 3.63) is 64.8 Å². The van der Waals surface area contributed by atoms with E-state index in [0.29, 0.717) is 5.56 Å². The van der Waals surface area contributed by atoms with Gasteiger partial charge >= 0.3 is 5.97 Å². The molecule has 0 amide bonds. The number of carboxylic acids is 1. The van der Waals surface area contributed by atoms with Crippen molar-refractivity contribution in [3.8, 4) is 5.75 Å². The Labute approximate surface area is 189 Å². The SMILES string of the molecule is CCCOC1CCN(Cc2c(OC)cc(C)c3[nH]ccc23)C(c2ccc(C(=O)O)cc2)C1. The third kappa shape index (κ3) is 4.52. The smallest absolute Gasteiger partial charge is 0.335 e. The number of H-pyrrole nitrogens is 1. The molecule has 0 radical (unpaired) electrons. The second-order valence-electron chi connectivity index (χ2n) is 8.57. The first kappa shape index (κ1) is 22.4. The van der Waals surface area contributed by atoms with Crippen LogP contribution in [0.3, 0.4) is 0 Å². The van der Waals surface area contributed by atoms with Crippen molar-refractivity contribution in [1.29, 1.82) is 0 Å². The molecule has 1 saturated heterocycles. The summed E-state index contributed by atoms with van der Waals surface area (Å²) in [6.45, 7) is 6.65. The maximum atomic E-state index is 11.3. The lowest BCUT2D eigenvalue weighted by Crippen LogP contribution is -2.39. The molecule has 3 aromatic rings. The van der Waals surface area contributed by atoms with Gasteiger partial charge in [-0.25, -0.2) is 4.79 Å². The molecule has 2 N–H and O–H groups in total. The summed E-state index contributed by atoms with van der Waals surface area (Å²) in [7, 11) is 1.73. The van der Waals surface area contributed by atoms with Crippen molar-refractivity contribution in [3.63, 3.8) is 0 Å². The predicted octanol–water partition coefficient (Wildman–Crippen LogP) is 5.32. The third-order valence-electron chi connectivity index (χ3n) is 6.46. The molecule has 4 rings (SSSR count). The molecule has 0 aliphatic carbocycles. The van der Waals surface area contributed by atoms with Crippen LogP contribution in [0.4, 0.5) is 0 Å². The second-order valence-corrected chi connectivity index (χ2v) is 8.57. The van der Waals surface area contributed by atoms with Gasteiger partial charge in [0.25, 0.3) is 0 Å². The minimum atomic E-state index is -0.902. The highest BCUT2D eigenvalue weighted by Crippen LogP contribution is 2.38. The number of carboxylic acid groups (broad SMARTS) is 1. The Balaban J connectivity index is 1.67. The van der Waals surface area contributed by atoms with Gasteiger partial charge in [-0.1, -0.05) is 19.1 Å². The summed E-state index contributed by atoms with van der Waals surface area (Å²) in [6.07, 6.45) is 5.06. The molecule has 0 spiro atoms. The van der Waals surface area contributed by atoms with Gasteiger partial charge in [-0.05, 0) is 61.6 Å². The van der Waals surface area contributed by atoms with Crippen LogP contribution in [0.1, 0.15) is 59.3 Å². The molecule has 2 heterocycles. The lowest BCUT2D eigenvalue weighted by molar-refractivity contribution is -0.0187. The van der Waals surface area contributed by atoms with E-state index in [1.165, 1.54) is 10.9 Å². The number of nitrogens with zero attached hydrogens (tertiary/aromatic N) is 1. The van der Waals surface area contributed by atoms with Crippen LogP contribution >= 0.6 is 0 Å². The number of carbonyl (C=O) groups is 1. The molecule has 170 valence electrons. The Hall–Kier alpha value is -2.83. The van der Waals surface area contributed by atoms with Gasteiger partial charge < -0.3 is 19.6 Å². The monoisotopic (exact) mass is 436 g/mol. The van der Waals surface area contributed by atoms with E-state index in [1.54, 1.807) is 19.2 Å². The maximum Gasteiger partial charge on any atom is 0.335 e. The van der Waals surface area contributed by atoms with Crippen LogP contribution in [0.25, 0.3) is 10.9 Å². The summed E-state index contributed by atoms with van der Waals surface area (Å²) in [5.74, 6) is -0.000575. The summed E-state index contributed by atoms with van der Waals surface area (Å²) in [5, 5.41) is 10.5. The topological polar surface area (TPSA) is 74.8 Å². The zero-order valence-electron chi connectivity index (χ0n) is 19.1. The molecular formula is C26H32N2O4. The molecule has 2 atom stereocenters. The van der Waals surface area contributed by atoms with Crippen LogP contribution < -0.4 is 4.74 Å². The molecule has 6 heteroatoms. The normalized spacial score (nSPS) is 19.3. The fraction of sp³-hybridized carbons (Fsp3) is 0.423. The van der Waals surface area contributed by atoms with Crippen LogP contribution in [0.2, 0.25) is 0 Å². The number of methoxy groups -OCH3 is 1. The minimum absolute atomic E-state index is 0.147. The maximum absolute atomic E-state index is 11.3. The summed E-state index contributed by atoms with van der Waals surface area (Å²) >= 11 is 0. The fourth-order valence-corrected chi connectivity index (χ4v) is 4.79. The number of rotatable bonds is 8. The number of ether oxygens (including phenoxy) is 2. The van der Waals surface area contributed by atoms with Crippen LogP contribution in [0.5, 0.6) is 5.75 Å². The molecule has 2 aromatic carbocycles. The number of fused-ring (bicyclic) bond motifs is 1. The highest BCUT2D eigenvalue weighted by molar-refractivity contribution is 5.88. The van der Waals surface area contributed by atoms with Gasteiger partial charge in [-0.3, -0.25) is 4.90 Å². The van der Waals surface area contributed by atoms with E-state index < -0.39 is 5.97 Å². The highest BCUT2D eigenvalue weighted by atomic mass is 16.5. The number of benzene rings is 2. The molecule has 1 aliphatic heterocycles. The van der Waals surface area contributed by atoms with Gasteiger partial charge in [0, 0.05) is 48.4 Å². The van der Waals surface area contributed by atoms with Gasteiger partial charge in [0.05, 0.1) is 18.8 Å². The van der Waals surface area contributed by atoms with E-state index in [1.807, 2.05) is 18.3 Å². The highest BCUT2D eigenvalue weighted by Gasteiger charge is 2.31. The van der Waals surface area contributed by atoms with Crippen LogP contribution in [0, 0.1) is 6.92 Å². The third-order valence-corrected chi connectivity index (χ3v) is 6.46. The Morgan fingerprint density at radius 3 is 2.72 bits per heavy atom. The Bertz CT molecular complexity index is 1070. The van der Waals surface area contributed by atoms with Gasteiger partial charge in [0.2, 0.25) is 0 Å². The van der Waals surface area contributed by atoms with E-state index in [4.69, 9.17) is 9.47 Å². The van der Waals surface area contributed by atoms with E-state index in [-0.39, 0.29) is 12.1 Å². The first-order valence-electron chi connectivity index (χ1n) is 11.3. The lowest BCUT2D eigenvalue weighted by Gasteiger charge is -2.40. The molecule has 6 nitrogen and oxygen atoms in total. The number of nitrogens with one attached hydrogen (secondary N) is 1. The molecule has 0 bridgehead atoms.